The minimum absolute atomic E-state index is 0.217. The molecule has 1 amide bonds. The Morgan fingerprint density at radius 2 is 2.22 bits per heavy atom. The molecule has 1 aromatic heterocycles. The lowest BCUT2D eigenvalue weighted by Crippen LogP contribution is -2.37. The van der Waals surface area contributed by atoms with Gasteiger partial charge in [0.1, 0.15) is 11.4 Å². The Balaban J connectivity index is 2.87. The van der Waals surface area contributed by atoms with Gasteiger partial charge in [-0.05, 0) is 17.9 Å². The highest BCUT2D eigenvalue weighted by Crippen LogP contribution is 2.28. The van der Waals surface area contributed by atoms with Gasteiger partial charge in [0.25, 0.3) is 5.91 Å². The topological polar surface area (TPSA) is 66.8 Å². The second kappa shape index (κ2) is 6.72. The van der Waals surface area contributed by atoms with Crippen LogP contribution in [0.5, 0.6) is 0 Å². The number of carboxylic acids is 1. The van der Waals surface area contributed by atoms with Crippen LogP contribution in [0.4, 0.5) is 0 Å². The van der Waals surface area contributed by atoms with Gasteiger partial charge in [-0.25, -0.2) is 0 Å². The highest BCUT2D eigenvalue weighted by atomic mass is 35.5. The summed E-state index contributed by atoms with van der Waals surface area (Å²) in [6, 6.07) is 0. The van der Waals surface area contributed by atoms with Crippen LogP contribution in [0.3, 0.4) is 0 Å². The van der Waals surface area contributed by atoms with Gasteiger partial charge in [0.15, 0.2) is 0 Å². The van der Waals surface area contributed by atoms with E-state index in [1.165, 1.54) is 23.3 Å². The van der Waals surface area contributed by atoms with Gasteiger partial charge in [0, 0.05) is 13.7 Å². The number of methoxy groups -OCH3 is 1. The number of amides is 1. The number of thiophene rings is 1. The van der Waals surface area contributed by atoms with Crippen LogP contribution < -0.4 is 0 Å². The van der Waals surface area contributed by atoms with Gasteiger partial charge in [-0.1, -0.05) is 11.6 Å². The molecule has 0 fully saturated rings. The number of carbonyl (C=O) groups excluding carboxylic acids is 1. The van der Waals surface area contributed by atoms with Crippen LogP contribution in [0, 0.1) is 6.92 Å². The molecule has 0 atom stereocenters. The third kappa shape index (κ3) is 3.69. The third-order valence-electron chi connectivity index (χ3n) is 2.27. The molecule has 0 aliphatic carbocycles. The lowest BCUT2D eigenvalue weighted by molar-refractivity contribution is -0.137. The summed E-state index contributed by atoms with van der Waals surface area (Å²) in [6.07, 6.45) is 0. The fourth-order valence-electron chi connectivity index (χ4n) is 1.33. The smallest absolute Gasteiger partial charge is 0.323 e. The van der Waals surface area contributed by atoms with Crippen LogP contribution in [0.2, 0.25) is 5.02 Å². The number of aryl methyl sites for hydroxylation is 1. The van der Waals surface area contributed by atoms with Crippen molar-refractivity contribution in [3.63, 3.8) is 0 Å². The van der Waals surface area contributed by atoms with Crippen LogP contribution in [0.15, 0.2) is 5.38 Å². The van der Waals surface area contributed by atoms with E-state index in [1.807, 2.05) is 0 Å². The largest absolute Gasteiger partial charge is 0.480 e. The van der Waals surface area contributed by atoms with E-state index in [0.717, 1.165) is 5.56 Å². The predicted molar refractivity (Wildman–Crippen MR) is 69.5 cm³/mol. The molecule has 5 nitrogen and oxygen atoms in total. The Kier molecular flexibility index (Phi) is 5.58. The summed E-state index contributed by atoms with van der Waals surface area (Å²) >= 11 is 7.22. The molecule has 100 valence electrons. The van der Waals surface area contributed by atoms with Crippen LogP contribution in [-0.2, 0) is 9.53 Å². The number of aliphatic carboxylic acids is 1. The zero-order chi connectivity index (χ0) is 13.7. The first-order valence-corrected chi connectivity index (χ1v) is 6.46. The van der Waals surface area contributed by atoms with Crippen LogP contribution in [-0.4, -0.2) is 48.7 Å². The third-order valence-corrected chi connectivity index (χ3v) is 3.96. The Hall–Kier alpha value is -1.11. The normalized spacial score (nSPS) is 10.4. The lowest BCUT2D eigenvalue weighted by atomic mass is 10.3. The summed E-state index contributed by atoms with van der Waals surface area (Å²) in [6.45, 7) is 1.93. The van der Waals surface area contributed by atoms with Gasteiger partial charge >= 0.3 is 5.97 Å². The van der Waals surface area contributed by atoms with Crippen molar-refractivity contribution in [1.82, 2.24) is 4.90 Å². The van der Waals surface area contributed by atoms with Crippen molar-refractivity contribution in [2.75, 3.05) is 26.8 Å². The number of carbonyl (C=O) groups is 2. The number of carboxylic acid groups (broad SMARTS) is 1. The molecule has 7 heteroatoms. The van der Waals surface area contributed by atoms with Crippen molar-refractivity contribution < 1.29 is 19.4 Å². The summed E-state index contributed by atoms with van der Waals surface area (Å²) in [5, 5.41) is 10.9. The van der Waals surface area contributed by atoms with Crippen molar-refractivity contribution in [2.45, 2.75) is 6.92 Å². The molecule has 1 heterocycles. The summed E-state index contributed by atoms with van der Waals surface area (Å²) in [5.74, 6) is -1.44. The van der Waals surface area contributed by atoms with Crippen LogP contribution in [0.1, 0.15) is 15.2 Å². The van der Waals surface area contributed by atoms with Gasteiger partial charge in [-0.15, -0.1) is 11.3 Å². The van der Waals surface area contributed by atoms with Gasteiger partial charge in [-0.3, -0.25) is 9.59 Å². The molecule has 0 bridgehead atoms. The highest BCUT2D eigenvalue weighted by Gasteiger charge is 2.22. The van der Waals surface area contributed by atoms with Crippen LogP contribution >= 0.6 is 22.9 Å². The van der Waals surface area contributed by atoms with Crippen molar-refractivity contribution in [3.8, 4) is 0 Å². The molecule has 0 spiro atoms. The van der Waals surface area contributed by atoms with Gasteiger partial charge in [0.05, 0.1) is 11.6 Å². The number of hydrogen-bond acceptors (Lipinski definition) is 4. The molecule has 1 aromatic rings. The Labute approximate surface area is 114 Å². The minimum atomic E-state index is -1.07. The van der Waals surface area contributed by atoms with Crippen LogP contribution in [0.25, 0.3) is 0 Å². The number of ether oxygens (including phenoxy) is 1. The van der Waals surface area contributed by atoms with Crippen molar-refractivity contribution in [2.24, 2.45) is 0 Å². The molecule has 0 radical (unpaired) electrons. The first-order chi connectivity index (χ1) is 8.47. The van der Waals surface area contributed by atoms with E-state index in [0.29, 0.717) is 9.90 Å². The summed E-state index contributed by atoms with van der Waals surface area (Å²) in [4.78, 5) is 24.5. The maximum absolute atomic E-state index is 12.2. The summed E-state index contributed by atoms with van der Waals surface area (Å²) in [5.41, 5.74) is 0.812. The van der Waals surface area contributed by atoms with E-state index >= 15 is 0 Å². The molecule has 18 heavy (non-hydrogen) atoms. The zero-order valence-corrected chi connectivity index (χ0v) is 11.7. The van der Waals surface area contributed by atoms with Crippen molar-refractivity contribution in [1.29, 1.82) is 0 Å². The first-order valence-electron chi connectivity index (χ1n) is 5.21. The molecule has 0 aliphatic rings. The van der Waals surface area contributed by atoms with Gasteiger partial charge in [-0.2, -0.15) is 0 Å². The molecule has 0 saturated heterocycles. The van der Waals surface area contributed by atoms with Crippen molar-refractivity contribution >= 4 is 34.8 Å². The zero-order valence-electron chi connectivity index (χ0n) is 10.1. The minimum Gasteiger partial charge on any atom is -0.480 e. The number of hydrogen-bond donors (Lipinski definition) is 1. The SMILES string of the molecule is COCCN(CC(=O)O)C(=O)c1scc(C)c1Cl. The Morgan fingerprint density at radius 1 is 1.56 bits per heavy atom. The summed E-state index contributed by atoms with van der Waals surface area (Å²) in [7, 11) is 1.49. The van der Waals surface area contributed by atoms with E-state index in [-0.39, 0.29) is 25.6 Å². The predicted octanol–water partition coefficient (Wildman–Crippen LogP) is 1.88. The maximum Gasteiger partial charge on any atom is 0.323 e. The molecule has 1 N–H and O–H groups in total. The van der Waals surface area contributed by atoms with E-state index < -0.39 is 5.97 Å². The van der Waals surface area contributed by atoms with E-state index in [1.54, 1.807) is 12.3 Å². The molecule has 0 aromatic carbocycles. The second-order valence-electron chi connectivity index (χ2n) is 3.68. The molecular formula is C11H14ClNO4S. The first kappa shape index (κ1) is 14.9. The molecule has 1 rings (SSSR count). The fraction of sp³-hybridized carbons (Fsp3) is 0.455. The molecule has 0 unspecified atom stereocenters. The van der Waals surface area contributed by atoms with Crippen molar-refractivity contribution in [3.05, 3.63) is 20.8 Å². The average Bonchev–Trinajstić information content (AvgIpc) is 2.64. The molecular weight excluding hydrogens is 278 g/mol. The number of halogens is 1. The van der Waals surface area contributed by atoms with E-state index in [9.17, 15) is 9.59 Å². The molecule has 0 saturated carbocycles. The van der Waals surface area contributed by atoms with Gasteiger partial charge < -0.3 is 14.7 Å². The number of rotatable bonds is 6. The molecule has 0 aliphatic heterocycles. The van der Waals surface area contributed by atoms with E-state index in [4.69, 9.17) is 21.4 Å². The monoisotopic (exact) mass is 291 g/mol. The Morgan fingerprint density at radius 3 is 2.67 bits per heavy atom. The standard InChI is InChI=1S/C11H14ClNO4S/c1-7-6-18-10(9(7)12)11(16)13(3-4-17-2)5-8(14)15/h6H,3-5H2,1-2H3,(H,14,15). The number of nitrogens with zero attached hydrogens (tertiary/aromatic N) is 1. The quantitative estimate of drug-likeness (QED) is 0.869. The lowest BCUT2D eigenvalue weighted by Gasteiger charge is -2.19. The summed E-state index contributed by atoms with van der Waals surface area (Å²) < 4.78 is 4.86. The average molecular weight is 292 g/mol. The van der Waals surface area contributed by atoms with E-state index in [2.05, 4.69) is 0 Å². The maximum atomic E-state index is 12.2. The highest BCUT2D eigenvalue weighted by molar-refractivity contribution is 7.13. The fourth-order valence-corrected chi connectivity index (χ4v) is 2.58. The second-order valence-corrected chi connectivity index (χ2v) is 4.93. The Bertz CT molecular complexity index is 446. The van der Waals surface area contributed by atoms with Gasteiger partial charge in [0.2, 0.25) is 0 Å².